The first-order chi connectivity index (χ1) is 10.3. The Labute approximate surface area is 135 Å². The molecule has 0 saturated carbocycles. The van der Waals surface area contributed by atoms with E-state index in [-0.39, 0.29) is 11.5 Å². The van der Waals surface area contributed by atoms with E-state index >= 15 is 0 Å². The Balaban J connectivity index is 2.07. The van der Waals surface area contributed by atoms with Gasteiger partial charge in [-0.05, 0) is 40.8 Å². The van der Waals surface area contributed by atoms with E-state index in [1.54, 1.807) is 16.7 Å². The van der Waals surface area contributed by atoms with Gasteiger partial charge in [-0.2, -0.15) is 0 Å². The number of hydrogen-bond donors (Lipinski definition) is 0. The SMILES string of the molecule is O=c1oc(-c2cccc(OC(F)(F)F)c2)cn2cc(I)cc12. The molecular weight excluding hydrogens is 414 g/mol. The molecule has 0 aliphatic carbocycles. The molecule has 0 amide bonds. The minimum atomic E-state index is -4.78. The molecule has 2 heterocycles. The first kappa shape index (κ1) is 14.9. The number of ether oxygens (including phenoxy) is 1. The van der Waals surface area contributed by atoms with E-state index in [9.17, 15) is 18.0 Å². The number of hydrogen-bond acceptors (Lipinski definition) is 3. The van der Waals surface area contributed by atoms with Crippen LogP contribution in [0.2, 0.25) is 0 Å². The van der Waals surface area contributed by atoms with E-state index in [4.69, 9.17) is 4.42 Å². The number of nitrogens with zero attached hydrogens (tertiary/aromatic N) is 1. The van der Waals surface area contributed by atoms with Crippen LogP contribution >= 0.6 is 22.6 Å². The summed E-state index contributed by atoms with van der Waals surface area (Å²) in [6.07, 6.45) is -1.53. The molecule has 0 aliphatic heterocycles. The topological polar surface area (TPSA) is 43.8 Å². The van der Waals surface area contributed by atoms with Crippen molar-refractivity contribution in [2.24, 2.45) is 0 Å². The normalized spacial score (nSPS) is 11.8. The highest BCUT2D eigenvalue weighted by atomic mass is 127. The Hall–Kier alpha value is -1.97. The van der Waals surface area contributed by atoms with E-state index in [1.165, 1.54) is 24.4 Å². The van der Waals surface area contributed by atoms with Crippen LogP contribution in [0.15, 0.2) is 51.9 Å². The molecule has 0 fully saturated rings. The van der Waals surface area contributed by atoms with Gasteiger partial charge in [-0.15, -0.1) is 13.2 Å². The molecule has 0 spiro atoms. The van der Waals surface area contributed by atoms with Crippen LogP contribution in [0.25, 0.3) is 16.8 Å². The fourth-order valence-electron chi connectivity index (χ4n) is 2.00. The summed E-state index contributed by atoms with van der Waals surface area (Å²) in [6, 6.07) is 6.90. The van der Waals surface area contributed by atoms with Crippen LogP contribution in [0.1, 0.15) is 0 Å². The molecule has 0 N–H and O–H groups in total. The molecule has 22 heavy (non-hydrogen) atoms. The molecule has 0 atom stereocenters. The van der Waals surface area contributed by atoms with Crippen molar-refractivity contribution in [1.82, 2.24) is 4.40 Å². The number of rotatable bonds is 2. The van der Waals surface area contributed by atoms with Crippen molar-refractivity contribution in [3.05, 3.63) is 56.7 Å². The van der Waals surface area contributed by atoms with Gasteiger partial charge < -0.3 is 13.6 Å². The van der Waals surface area contributed by atoms with Gasteiger partial charge in [0.2, 0.25) is 0 Å². The van der Waals surface area contributed by atoms with Gasteiger partial charge in [0.05, 0.1) is 6.20 Å². The maximum atomic E-state index is 12.3. The molecule has 1 aromatic carbocycles. The Morgan fingerprint density at radius 2 is 1.95 bits per heavy atom. The zero-order chi connectivity index (χ0) is 15.9. The van der Waals surface area contributed by atoms with Crippen molar-refractivity contribution in [3.8, 4) is 17.1 Å². The van der Waals surface area contributed by atoms with Gasteiger partial charge in [0.15, 0.2) is 5.76 Å². The summed E-state index contributed by atoms with van der Waals surface area (Å²) < 4.78 is 48.2. The lowest BCUT2D eigenvalue weighted by Gasteiger charge is -2.09. The minimum Gasteiger partial charge on any atom is -0.420 e. The minimum absolute atomic E-state index is 0.150. The highest BCUT2D eigenvalue weighted by Gasteiger charge is 2.31. The highest BCUT2D eigenvalue weighted by molar-refractivity contribution is 14.1. The van der Waals surface area contributed by atoms with E-state index in [0.29, 0.717) is 11.1 Å². The molecule has 0 aliphatic rings. The predicted molar refractivity (Wildman–Crippen MR) is 80.8 cm³/mol. The van der Waals surface area contributed by atoms with E-state index in [1.807, 2.05) is 22.6 Å². The van der Waals surface area contributed by atoms with Gasteiger partial charge in [-0.3, -0.25) is 0 Å². The Bertz CT molecular complexity index is 898. The number of fused-ring (bicyclic) bond motifs is 1. The third kappa shape index (κ3) is 3.11. The Kier molecular flexibility index (Phi) is 3.63. The van der Waals surface area contributed by atoms with E-state index < -0.39 is 12.0 Å². The van der Waals surface area contributed by atoms with E-state index in [0.717, 1.165) is 9.64 Å². The van der Waals surface area contributed by atoms with Crippen LogP contribution in [0.4, 0.5) is 13.2 Å². The molecule has 4 nitrogen and oxygen atoms in total. The molecule has 3 rings (SSSR count). The summed E-state index contributed by atoms with van der Waals surface area (Å²) in [5.41, 5.74) is 0.0999. The fourth-order valence-corrected chi connectivity index (χ4v) is 2.60. The van der Waals surface area contributed by atoms with Crippen molar-refractivity contribution in [3.63, 3.8) is 0 Å². The second-order valence-corrected chi connectivity index (χ2v) is 5.65. The molecule has 0 unspecified atom stereocenters. The number of benzene rings is 1. The predicted octanol–water partition coefficient (Wildman–Crippen LogP) is 4.06. The number of aromatic nitrogens is 1. The first-order valence-corrected chi connectivity index (χ1v) is 7.07. The average molecular weight is 421 g/mol. The lowest BCUT2D eigenvalue weighted by Crippen LogP contribution is -2.17. The van der Waals surface area contributed by atoms with Crippen molar-refractivity contribution in [1.29, 1.82) is 0 Å². The number of alkyl halides is 3. The van der Waals surface area contributed by atoms with Crippen molar-refractivity contribution >= 4 is 28.1 Å². The van der Waals surface area contributed by atoms with Crippen molar-refractivity contribution < 1.29 is 22.3 Å². The Morgan fingerprint density at radius 3 is 2.68 bits per heavy atom. The van der Waals surface area contributed by atoms with Gasteiger partial charge in [-0.25, -0.2) is 4.79 Å². The average Bonchev–Trinajstić information content (AvgIpc) is 2.78. The van der Waals surface area contributed by atoms with Gasteiger partial charge in [-0.1, -0.05) is 12.1 Å². The molecule has 0 radical (unpaired) electrons. The second kappa shape index (κ2) is 5.34. The smallest absolute Gasteiger partial charge is 0.420 e. The molecule has 8 heteroatoms. The molecule has 0 bridgehead atoms. The lowest BCUT2D eigenvalue weighted by molar-refractivity contribution is -0.274. The Morgan fingerprint density at radius 1 is 1.18 bits per heavy atom. The third-order valence-corrected chi connectivity index (χ3v) is 3.43. The standard InChI is InChI=1S/C14H7F3INO3/c15-14(16,17)22-10-3-1-2-8(4-10)12-7-19-6-9(18)5-11(19)13(20)21-12/h1-7H. The molecule has 3 aromatic rings. The zero-order valence-corrected chi connectivity index (χ0v) is 12.9. The van der Waals surface area contributed by atoms with E-state index in [2.05, 4.69) is 4.74 Å². The molecule has 114 valence electrons. The van der Waals surface area contributed by atoms with Gasteiger partial charge in [0.25, 0.3) is 0 Å². The molecule has 0 saturated heterocycles. The number of halogens is 4. The quantitative estimate of drug-likeness (QED) is 0.587. The summed E-state index contributed by atoms with van der Waals surface area (Å²) >= 11 is 2.05. The fraction of sp³-hybridized carbons (Fsp3) is 0.0714. The summed E-state index contributed by atoms with van der Waals surface area (Å²) in [7, 11) is 0. The van der Waals surface area contributed by atoms with Crippen LogP contribution < -0.4 is 10.4 Å². The van der Waals surface area contributed by atoms with Crippen LogP contribution in [0.3, 0.4) is 0 Å². The van der Waals surface area contributed by atoms with Crippen LogP contribution in [-0.2, 0) is 0 Å². The van der Waals surface area contributed by atoms with Crippen molar-refractivity contribution in [2.75, 3.05) is 0 Å². The van der Waals surface area contributed by atoms with Gasteiger partial charge in [0.1, 0.15) is 11.3 Å². The summed E-state index contributed by atoms with van der Waals surface area (Å²) in [6.45, 7) is 0. The molecule has 2 aromatic heterocycles. The summed E-state index contributed by atoms with van der Waals surface area (Å²) in [5.74, 6) is -0.230. The lowest BCUT2D eigenvalue weighted by atomic mass is 10.2. The highest BCUT2D eigenvalue weighted by Crippen LogP contribution is 2.27. The van der Waals surface area contributed by atoms with Crippen LogP contribution in [0, 0.1) is 3.57 Å². The monoisotopic (exact) mass is 421 g/mol. The summed E-state index contributed by atoms with van der Waals surface area (Å²) in [5, 5.41) is 0. The maximum Gasteiger partial charge on any atom is 0.573 e. The largest absolute Gasteiger partial charge is 0.573 e. The van der Waals surface area contributed by atoms with Gasteiger partial charge >= 0.3 is 12.0 Å². The summed E-state index contributed by atoms with van der Waals surface area (Å²) in [4.78, 5) is 11.9. The maximum absolute atomic E-state index is 12.3. The second-order valence-electron chi connectivity index (χ2n) is 4.41. The molecular formula is C14H7F3INO3. The van der Waals surface area contributed by atoms with Crippen LogP contribution in [0.5, 0.6) is 5.75 Å². The zero-order valence-electron chi connectivity index (χ0n) is 10.7. The van der Waals surface area contributed by atoms with Crippen molar-refractivity contribution in [2.45, 2.75) is 6.36 Å². The van der Waals surface area contributed by atoms with Crippen LogP contribution in [-0.4, -0.2) is 10.8 Å². The first-order valence-electron chi connectivity index (χ1n) is 5.99. The third-order valence-electron chi connectivity index (χ3n) is 2.84. The van der Waals surface area contributed by atoms with Gasteiger partial charge in [0, 0.05) is 15.3 Å².